The predicted molar refractivity (Wildman–Crippen MR) is 106 cm³/mol. The maximum Gasteiger partial charge on any atom is 0.314 e. The average Bonchev–Trinajstić information content (AvgIpc) is 3.04. The number of carbonyl (C=O) groups excluding carboxylic acids is 3. The van der Waals surface area contributed by atoms with E-state index in [1.807, 2.05) is 13.8 Å². The highest BCUT2D eigenvalue weighted by Crippen LogP contribution is 2.27. The van der Waals surface area contributed by atoms with Crippen LogP contribution in [0.1, 0.15) is 24.0 Å². The van der Waals surface area contributed by atoms with Crippen LogP contribution in [0.4, 0.5) is 17.1 Å². The summed E-state index contributed by atoms with van der Waals surface area (Å²) in [6.07, 6.45) is 1.40. The van der Waals surface area contributed by atoms with Crippen LogP contribution in [0.15, 0.2) is 36.4 Å². The number of rotatable bonds is 3. The largest absolute Gasteiger partial charge is 0.318 e. The number of hydrogen-bond donors (Lipinski definition) is 2. The van der Waals surface area contributed by atoms with Crippen LogP contribution < -0.4 is 15.5 Å². The first kappa shape index (κ1) is 18.9. The molecule has 1 saturated heterocycles. The molecule has 140 valence electrons. The van der Waals surface area contributed by atoms with E-state index in [2.05, 4.69) is 10.6 Å². The summed E-state index contributed by atoms with van der Waals surface area (Å²) in [5, 5.41) is 5.61. The van der Waals surface area contributed by atoms with Gasteiger partial charge in [0.1, 0.15) is 0 Å². The van der Waals surface area contributed by atoms with Crippen LogP contribution in [-0.2, 0) is 14.4 Å². The van der Waals surface area contributed by atoms with E-state index in [1.54, 1.807) is 41.3 Å². The van der Waals surface area contributed by atoms with Gasteiger partial charge in [-0.3, -0.25) is 14.4 Å². The molecule has 1 aliphatic heterocycles. The number of amides is 3. The standard InChI is InChI=1S/C20H20ClN3O3/c1-12-5-6-14(21)11-16(12)23-20(27)19(26)22-15-7-8-17(13(2)10-15)24-9-3-4-18(24)25/h5-8,10-11H,3-4,9H2,1-2H3,(H,22,26)(H,23,27). The highest BCUT2D eigenvalue weighted by atomic mass is 35.5. The van der Waals surface area contributed by atoms with Gasteiger partial charge in [0.05, 0.1) is 0 Å². The molecular formula is C20H20ClN3O3. The van der Waals surface area contributed by atoms with Crippen molar-refractivity contribution in [2.45, 2.75) is 26.7 Å². The molecule has 0 saturated carbocycles. The molecule has 2 aromatic carbocycles. The minimum atomic E-state index is -0.781. The Balaban J connectivity index is 1.68. The lowest BCUT2D eigenvalue weighted by atomic mass is 10.1. The molecule has 0 aromatic heterocycles. The van der Waals surface area contributed by atoms with E-state index >= 15 is 0 Å². The van der Waals surface area contributed by atoms with Crippen molar-refractivity contribution in [2.75, 3.05) is 22.1 Å². The lowest BCUT2D eigenvalue weighted by molar-refractivity contribution is -0.133. The second kappa shape index (κ2) is 7.80. The van der Waals surface area contributed by atoms with Gasteiger partial charge in [0.15, 0.2) is 0 Å². The smallest absolute Gasteiger partial charge is 0.314 e. The number of nitrogens with zero attached hydrogens (tertiary/aromatic N) is 1. The fourth-order valence-corrected chi connectivity index (χ4v) is 3.21. The summed E-state index contributed by atoms with van der Waals surface area (Å²) in [5.41, 5.74) is 3.47. The zero-order chi connectivity index (χ0) is 19.6. The first-order valence-corrected chi connectivity index (χ1v) is 9.02. The Bertz CT molecular complexity index is 927. The van der Waals surface area contributed by atoms with Gasteiger partial charge in [0, 0.05) is 35.1 Å². The summed E-state index contributed by atoms with van der Waals surface area (Å²) in [5.74, 6) is -1.46. The topological polar surface area (TPSA) is 78.5 Å². The van der Waals surface area contributed by atoms with E-state index in [1.165, 1.54) is 0 Å². The van der Waals surface area contributed by atoms with E-state index in [0.717, 1.165) is 23.2 Å². The van der Waals surface area contributed by atoms with Crippen molar-refractivity contribution < 1.29 is 14.4 Å². The molecule has 0 aliphatic carbocycles. The molecule has 27 heavy (non-hydrogen) atoms. The average molecular weight is 386 g/mol. The number of aryl methyl sites for hydroxylation is 2. The zero-order valence-corrected chi connectivity index (χ0v) is 15.9. The second-order valence-electron chi connectivity index (χ2n) is 6.52. The third-order valence-electron chi connectivity index (χ3n) is 4.47. The first-order chi connectivity index (χ1) is 12.8. The minimum absolute atomic E-state index is 0.103. The predicted octanol–water partition coefficient (Wildman–Crippen LogP) is 3.66. The zero-order valence-electron chi connectivity index (χ0n) is 15.1. The maximum absolute atomic E-state index is 12.2. The van der Waals surface area contributed by atoms with Gasteiger partial charge in [0.25, 0.3) is 0 Å². The fraction of sp³-hybridized carbons (Fsp3) is 0.250. The Morgan fingerprint density at radius 1 is 1.00 bits per heavy atom. The Morgan fingerprint density at radius 3 is 2.41 bits per heavy atom. The lowest BCUT2D eigenvalue weighted by Crippen LogP contribution is -2.29. The highest BCUT2D eigenvalue weighted by molar-refractivity contribution is 6.43. The second-order valence-corrected chi connectivity index (χ2v) is 6.95. The van der Waals surface area contributed by atoms with Crippen molar-refractivity contribution in [3.05, 3.63) is 52.5 Å². The van der Waals surface area contributed by atoms with Crippen LogP contribution >= 0.6 is 11.6 Å². The molecule has 2 N–H and O–H groups in total. The molecule has 1 aliphatic rings. The third kappa shape index (κ3) is 4.28. The Labute approximate surface area is 162 Å². The number of nitrogens with one attached hydrogen (secondary N) is 2. The Morgan fingerprint density at radius 2 is 1.74 bits per heavy atom. The normalized spacial score (nSPS) is 13.6. The minimum Gasteiger partial charge on any atom is -0.318 e. The summed E-state index contributed by atoms with van der Waals surface area (Å²) in [4.78, 5) is 38.0. The number of halogens is 1. The van der Waals surface area contributed by atoms with Gasteiger partial charge in [-0.25, -0.2) is 0 Å². The molecule has 2 aromatic rings. The van der Waals surface area contributed by atoms with Crippen molar-refractivity contribution in [1.29, 1.82) is 0 Å². The molecular weight excluding hydrogens is 366 g/mol. The van der Waals surface area contributed by atoms with E-state index < -0.39 is 11.8 Å². The summed E-state index contributed by atoms with van der Waals surface area (Å²) in [6, 6.07) is 10.3. The van der Waals surface area contributed by atoms with Crippen molar-refractivity contribution in [2.24, 2.45) is 0 Å². The number of carbonyl (C=O) groups is 3. The summed E-state index contributed by atoms with van der Waals surface area (Å²) in [6.45, 7) is 4.38. The molecule has 0 spiro atoms. The van der Waals surface area contributed by atoms with Crippen molar-refractivity contribution in [1.82, 2.24) is 0 Å². The van der Waals surface area contributed by atoms with Gasteiger partial charge in [-0.1, -0.05) is 17.7 Å². The van der Waals surface area contributed by atoms with Gasteiger partial charge in [-0.2, -0.15) is 0 Å². The molecule has 7 heteroatoms. The SMILES string of the molecule is Cc1ccc(Cl)cc1NC(=O)C(=O)Nc1ccc(N2CCCC2=O)c(C)c1. The van der Waals surface area contributed by atoms with Crippen molar-refractivity contribution in [3.63, 3.8) is 0 Å². The van der Waals surface area contributed by atoms with Crippen LogP contribution in [-0.4, -0.2) is 24.3 Å². The maximum atomic E-state index is 12.2. The third-order valence-corrected chi connectivity index (χ3v) is 4.71. The molecule has 0 atom stereocenters. The molecule has 3 amide bonds. The molecule has 1 fully saturated rings. The summed E-state index contributed by atoms with van der Waals surface area (Å²) in [7, 11) is 0. The van der Waals surface area contributed by atoms with Gasteiger partial charge in [-0.15, -0.1) is 0 Å². The Kier molecular flexibility index (Phi) is 5.46. The molecule has 0 bridgehead atoms. The van der Waals surface area contributed by atoms with Gasteiger partial charge < -0.3 is 15.5 Å². The van der Waals surface area contributed by atoms with E-state index in [9.17, 15) is 14.4 Å². The first-order valence-electron chi connectivity index (χ1n) is 8.64. The van der Waals surface area contributed by atoms with E-state index in [4.69, 9.17) is 11.6 Å². The number of benzene rings is 2. The lowest BCUT2D eigenvalue weighted by Gasteiger charge is -2.19. The highest BCUT2D eigenvalue weighted by Gasteiger charge is 2.23. The van der Waals surface area contributed by atoms with Crippen LogP contribution in [0.5, 0.6) is 0 Å². The van der Waals surface area contributed by atoms with Crippen LogP contribution in [0.2, 0.25) is 5.02 Å². The van der Waals surface area contributed by atoms with Crippen LogP contribution in [0.25, 0.3) is 0 Å². The Hall–Kier alpha value is -2.86. The van der Waals surface area contributed by atoms with Crippen molar-refractivity contribution >= 4 is 46.4 Å². The van der Waals surface area contributed by atoms with Crippen molar-refractivity contribution in [3.8, 4) is 0 Å². The fourth-order valence-electron chi connectivity index (χ4n) is 3.03. The summed E-state index contributed by atoms with van der Waals surface area (Å²) < 4.78 is 0. The molecule has 3 rings (SSSR count). The molecule has 6 nitrogen and oxygen atoms in total. The van der Waals surface area contributed by atoms with Crippen LogP contribution in [0.3, 0.4) is 0 Å². The van der Waals surface area contributed by atoms with E-state index in [-0.39, 0.29) is 5.91 Å². The number of hydrogen-bond acceptors (Lipinski definition) is 3. The monoisotopic (exact) mass is 385 g/mol. The number of anilines is 3. The van der Waals surface area contributed by atoms with E-state index in [0.29, 0.717) is 29.4 Å². The molecule has 1 heterocycles. The summed E-state index contributed by atoms with van der Waals surface area (Å²) >= 11 is 5.93. The molecule has 0 unspecified atom stereocenters. The van der Waals surface area contributed by atoms with Gasteiger partial charge >= 0.3 is 11.8 Å². The van der Waals surface area contributed by atoms with Crippen LogP contribution in [0, 0.1) is 13.8 Å². The molecule has 0 radical (unpaired) electrons. The quantitative estimate of drug-likeness (QED) is 0.791. The van der Waals surface area contributed by atoms with Gasteiger partial charge in [0.2, 0.25) is 5.91 Å². The van der Waals surface area contributed by atoms with Gasteiger partial charge in [-0.05, 0) is 61.7 Å².